The van der Waals surface area contributed by atoms with Gasteiger partial charge in [0, 0.05) is 11.0 Å². The fourth-order valence-electron chi connectivity index (χ4n) is 1.69. The van der Waals surface area contributed by atoms with E-state index in [1.165, 1.54) is 12.1 Å². The number of alkyl halides is 3. The normalized spacial score (nSPS) is 11.5. The van der Waals surface area contributed by atoms with E-state index in [0.29, 0.717) is 15.8 Å². The fourth-order valence-corrected chi connectivity index (χ4v) is 2.82. The molecule has 2 nitrogen and oxygen atoms in total. The van der Waals surface area contributed by atoms with Crippen LogP contribution < -0.4 is 10.5 Å². The zero-order valence-electron chi connectivity index (χ0n) is 10.5. The van der Waals surface area contributed by atoms with Gasteiger partial charge in [-0.25, -0.2) is 0 Å². The van der Waals surface area contributed by atoms with Crippen molar-refractivity contribution in [2.45, 2.75) is 12.7 Å². The van der Waals surface area contributed by atoms with Crippen LogP contribution in [0.1, 0.15) is 11.1 Å². The molecule has 0 bridgehead atoms. The lowest BCUT2D eigenvalue weighted by Gasteiger charge is -2.15. The summed E-state index contributed by atoms with van der Waals surface area (Å²) in [5.41, 5.74) is 4.93. The number of hydrogen-bond donors (Lipinski definition) is 1. The summed E-state index contributed by atoms with van der Waals surface area (Å²) < 4.78 is 46.0. The first-order chi connectivity index (χ1) is 9.81. The summed E-state index contributed by atoms with van der Waals surface area (Å²) in [6.07, 6.45) is -4.51. The van der Waals surface area contributed by atoms with Gasteiger partial charge in [0.25, 0.3) is 0 Å². The van der Waals surface area contributed by atoms with Crippen molar-refractivity contribution in [2.75, 3.05) is 0 Å². The molecule has 0 spiro atoms. The maximum absolute atomic E-state index is 13.1. The summed E-state index contributed by atoms with van der Waals surface area (Å²) in [5, 5.41) is 0. The summed E-state index contributed by atoms with van der Waals surface area (Å²) in [6, 6.07) is 8.74. The van der Waals surface area contributed by atoms with Gasteiger partial charge in [0.15, 0.2) is 0 Å². The van der Waals surface area contributed by atoms with Crippen LogP contribution in [0.3, 0.4) is 0 Å². The molecule has 2 aromatic carbocycles. The molecule has 0 saturated heterocycles. The first kappa shape index (κ1) is 16.3. The van der Waals surface area contributed by atoms with Crippen LogP contribution in [0.2, 0.25) is 0 Å². The van der Waals surface area contributed by atoms with E-state index in [1.54, 1.807) is 18.2 Å². The second-order valence-corrected chi connectivity index (χ2v) is 5.98. The number of hydrogen-bond acceptors (Lipinski definition) is 2. The molecule has 2 N–H and O–H groups in total. The van der Waals surface area contributed by atoms with Gasteiger partial charge in [-0.1, -0.05) is 22.0 Å². The molecule has 0 aliphatic rings. The predicted octanol–water partition coefficient (Wildman–Crippen LogP) is 5.48. The van der Waals surface area contributed by atoms with E-state index in [0.717, 1.165) is 10.5 Å². The van der Waals surface area contributed by atoms with Crippen molar-refractivity contribution < 1.29 is 17.9 Å². The summed E-state index contributed by atoms with van der Waals surface area (Å²) in [6.45, 7) is 0.0331. The van der Waals surface area contributed by atoms with E-state index in [1.807, 2.05) is 0 Å². The van der Waals surface area contributed by atoms with Crippen molar-refractivity contribution in [3.05, 3.63) is 56.5 Å². The largest absolute Gasteiger partial charge is 0.456 e. The monoisotopic (exact) mass is 423 g/mol. The molecule has 21 heavy (non-hydrogen) atoms. The Balaban J connectivity index is 2.44. The average molecular weight is 425 g/mol. The molecule has 0 aromatic heterocycles. The molecule has 0 saturated carbocycles. The standard InChI is InChI=1S/C14H10Br2F3NO/c15-9-2-4-13(11(16)6-9)21-12-3-1-8(7-20)5-10(12)14(17,18)19/h1-6H,7,20H2. The van der Waals surface area contributed by atoms with Crippen molar-refractivity contribution in [2.24, 2.45) is 5.73 Å². The average Bonchev–Trinajstić information content (AvgIpc) is 2.41. The molecule has 0 aliphatic carbocycles. The SMILES string of the molecule is NCc1ccc(Oc2ccc(Br)cc2Br)c(C(F)(F)F)c1. The highest BCUT2D eigenvalue weighted by molar-refractivity contribution is 9.11. The van der Waals surface area contributed by atoms with Crippen LogP contribution in [0.4, 0.5) is 13.2 Å². The van der Waals surface area contributed by atoms with Crippen LogP contribution >= 0.6 is 31.9 Å². The topological polar surface area (TPSA) is 35.2 Å². The van der Waals surface area contributed by atoms with Gasteiger partial charge in [0.1, 0.15) is 11.5 Å². The lowest BCUT2D eigenvalue weighted by Crippen LogP contribution is -2.09. The van der Waals surface area contributed by atoms with Crippen molar-refractivity contribution in [3.63, 3.8) is 0 Å². The van der Waals surface area contributed by atoms with Gasteiger partial charge in [-0.05, 0) is 51.8 Å². The minimum Gasteiger partial charge on any atom is -0.456 e. The van der Waals surface area contributed by atoms with Crippen molar-refractivity contribution in [3.8, 4) is 11.5 Å². The number of benzene rings is 2. The summed E-state index contributed by atoms with van der Waals surface area (Å²) in [5.74, 6) is 0.0342. The quantitative estimate of drug-likeness (QED) is 0.707. The van der Waals surface area contributed by atoms with Crippen LogP contribution in [0.15, 0.2) is 45.3 Å². The molecule has 0 aliphatic heterocycles. The predicted molar refractivity (Wildman–Crippen MR) is 81.3 cm³/mol. The van der Waals surface area contributed by atoms with Gasteiger partial charge < -0.3 is 10.5 Å². The molecule has 0 unspecified atom stereocenters. The van der Waals surface area contributed by atoms with Crippen LogP contribution in [0, 0.1) is 0 Å². The van der Waals surface area contributed by atoms with E-state index in [4.69, 9.17) is 10.5 Å². The summed E-state index contributed by atoms with van der Waals surface area (Å²) in [7, 11) is 0. The second-order valence-electron chi connectivity index (χ2n) is 4.21. The van der Waals surface area contributed by atoms with E-state index in [-0.39, 0.29) is 12.3 Å². The number of rotatable bonds is 3. The Morgan fingerprint density at radius 1 is 1.00 bits per heavy atom. The van der Waals surface area contributed by atoms with Crippen LogP contribution in [0.25, 0.3) is 0 Å². The van der Waals surface area contributed by atoms with E-state index in [2.05, 4.69) is 31.9 Å². The molecule has 0 radical (unpaired) electrons. The number of halogens is 5. The molecule has 0 amide bonds. The molecule has 7 heteroatoms. The van der Waals surface area contributed by atoms with Gasteiger partial charge in [0.2, 0.25) is 0 Å². The third-order valence-corrected chi connectivity index (χ3v) is 3.81. The zero-order valence-corrected chi connectivity index (χ0v) is 13.7. The van der Waals surface area contributed by atoms with E-state index >= 15 is 0 Å². The van der Waals surface area contributed by atoms with Gasteiger partial charge in [-0.15, -0.1) is 0 Å². The van der Waals surface area contributed by atoms with Gasteiger partial charge in [-0.2, -0.15) is 13.2 Å². The Bertz CT molecular complexity index is 659. The van der Waals surface area contributed by atoms with Crippen molar-refractivity contribution >= 4 is 31.9 Å². The molecule has 0 heterocycles. The fraction of sp³-hybridized carbons (Fsp3) is 0.143. The smallest absolute Gasteiger partial charge is 0.419 e. The maximum atomic E-state index is 13.1. The highest BCUT2D eigenvalue weighted by Crippen LogP contribution is 2.40. The molecular weight excluding hydrogens is 415 g/mol. The maximum Gasteiger partial charge on any atom is 0.419 e. The third-order valence-electron chi connectivity index (χ3n) is 2.70. The molecule has 0 fully saturated rings. The van der Waals surface area contributed by atoms with E-state index < -0.39 is 11.7 Å². The van der Waals surface area contributed by atoms with Crippen LogP contribution in [-0.4, -0.2) is 0 Å². The van der Waals surface area contributed by atoms with Gasteiger partial charge in [-0.3, -0.25) is 0 Å². The summed E-state index contributed by atoms with van der Waals surface area (Å²) >= 11 is 6.52. The Hall–Kier alpha value is -1.05. The minimum absolute atomic E-state index is 0.0331. The van der Waals surface area contributed by atoms with E-state index in [9.17, 15) is 13.2 Å². The lowest BCUT2D eigenvalue weighted by molar-refractivity contribution is -0.138. The Labute approximate surface area is 136 Å². The first-order valence-corrected chi connectivity index (χ1v) is 7.43. The highest BCUT2D eigenvalue weighted by atomic mass is 79.9. The Kier molecular flexibility index (Phi) is 4.95. The Morgan fingerprint density at radius 3 is 2.24 bits per heavy atom. The number of ether oxygens (including phenoxy) is 1. The first-order valence-electron chi connectivity index (χ1n) is 5.84. The highest BCUT2D eigenvalue weighted by Gasteiger charge is 2.35. The zero-order chi connectivity index (χ0) is 15.6. The molecule has 2 rings (SSSR count). The molecule has 2 aromatic rings. The second kappa shape index (κ2) is 6.37. The number of nitrogens with two attached hydrogens (primary N) is 1. The third kappa shape index (κ3) is 3.99. The molecule has 0 atom stereocenters. The van der Waals surface area contributed by atoms with Crippen LogP contribution in [0.5, 0.6) is 11.5 Å². The van der Waals surface area contributed by atoms with Gasteiger partial charge >= 0.3 is 6.18 Å². The van der Waals surface area contributed by atoms with Crippen molar-refractivity contribution in [1.29, 1.82) is 0 Å². The van der Waals surface area contributed by atoms with Crippen molar-refractivity contribution in [1.82, 2.24) is 0 Å². The van der Waals surface area contributed by atoms with Gasteiger partial charge in [0.05, 0.1) is 10.0 Å². The molecule has 112 valence electrons. The Morgan fingerprint density at radius 2 is 1.67 bits per heavy atom. The lowest BCUT2D eigenvalue weighted by atomic mass is 10.1. The van der Waals surface area contributed by atoms with Crippen LogP contribution in [-0.2, 0) is 12.7 Å². The summed E-state index contributed by atoms with van der Waals surface area (Å²) in [4.78, 5) is 0. The minimum atomic E-state index is -4.51. The molecular formula is C14H10Br2F3NO.